The van der Waals surface area contributed by atoms with Gasteiger partial charge >= 0.3 is 0 Å². The van der Waals surface area contributed by atoms with Crippen LogP contribution >= 0.6 is 0 Å². The highest BCUT2D eigenvalue weighted by Crippen LogP contribution is 2.33. The predicted molar refractivity (Wildman–Crippen MR) is 113 cm³/mol. The third-order valence-electron chi connectivity index (χ3n) is 4.96. The van der Waals surface area contributed by atoms with Crippen LogP contribution in [0, 0.1) is 0 Å². The summed E-state index contributed by atoms with van der Waals surface area (Å²) in [4.78, 5) is 12.6. The summed E-state index contributed by atoms with van der Waals surface area (Å²) < 4.78 is 16.9. The number of benzene rings is 3. The van der Waals surface area contributed by atoms with E-state index in [4.69, 9.17) is 13.9 Å². The molecule has 6 heteroatoms. The van der Waals surface area contributed by atoms with Gasteiger partial charge in [0, 0.05) is 28.2 Å². The second kappa shape index (κ2) is 7.05. The van der Waals surface area contributed by atoms with Crippen LogP contribution in [0.3, 0.4) is 0 Å². The van der Waals surface area contributed by atoms with Crippen molar-refractivity contribution >= 4 is 39.2 Å². The molecule has 3 aromatic carbocycles. The van der Waals surface area contributed by atoms with E-state index in [2.05, 4.69) is 10.6 Å². The summed E-state index contributed by atoms with van der Waals surface area (Å²) in [7, 11) is 0. The van der Waals surface area contributed by atoms with E-state index in [-0.39, 0.29) is 5.91 Å². The van der Waals surface area contributed by atoms with E-state index in [1.807, 2.05) is 55.5 Å². The van der Waals surface area contributed by atoms with Gasteiger partial charge in [-0.15, -0.1) is 0 Å². The Kier molecular flexibility index (Phi) is 4.24. The zero-order valence-electron chi connectivity index (χ0n) is 15.9. The smallest absolute Gasteiger partial charge is 0.246 e. The Labute approximate surface area is 167 Å². The van der Waals surface area contributed by atoms with Crippen molar-refractivity contribution in [3.63, 3.8) is 0 Å². The molecular formula is C23H20N2O4. The fraction of sp³-hybridized carbons (Fsp3) is 0.174. The summed E-state index contributed by atoms with van der Waals surface area (Å²) in [5, 5.41) is 8.25. The normalized spacial score (nSPS) is 14.0. The van der Waals surface area contributed by atoms with Crippen LogP contribution in [0.25, 0.3) is 21.9 Å². The molecule has 0 spiro atoms. The number of nitrogens with one attached hydrogen (secondary N) is 2. The molecule has 29 heavy (non-hydrogen) atoms. The van der Waals surface area contributed by atoms with Gasteiger partial charge in [0.25, 0.3) is 0 Å². The molecule has 146 valence electrons. The molecule has 0 radical (unpaired) electrons. The number of anilines is 2. The maximum atomic E-state index is 12.6. The zero-order valence-corrected chi connectivity index (χ0v) is 15.9. The number of ether oxygens (including phenoxy) is 2. The number of amides is 1. The summed E-state index contributed by atoms with van der Waals surface area (Å²) in [5.74, 6) is 1.20. The molecule has 6 nitrogen and oxygen atoms in total. The van der Waals surface area contributed by atoms with Gasteiger partial charge in [-0.05, 0) is 43.3 Å². The number of carbonyl (C=O) groups is 1. The third kappa shape index (κ3) is 3.33. The molecule has 1 atom stereocenters. The summed E-state index contributed by atoms with van der Waals surface area (Å²) in [6, 6.07) is 18.7. The van der Waals surface area contributed by atoms with Crippen LogP contribution in [0.2, 0.25) is 0 Å². The van der Waals surface area contributed by atoms with Gasteiger partial charge in [0.05, 0.1) is 0 Å². The largest absolute Gasteiger partial charge is 0.486 e. The standard InChI is InChI=1S/C23H20N2O4/c1-14(23(26)25-16-7-9-21-22(13-16)28-11-10-27-21)24-15-6-8-20-18(12-15)17-4-2-3-5-19(17)29-20/h2-9,12-14,24H,10-11H2,1H3,(H,25,26)/t14-/m0/s1. The molecule has 0 bridgehead atoms. The fourth-order valence-corrected chi connectivity index (χ4v) is 3.50. The van der Waals surface area contributed by atoms with E-state index < -0.39 is 6.04 Å². The minimum absolute atomic E-state index is 0.140. The molecule has 0 fully saturated rings. The van der Waals surface area contributed by atoms with Gasteiger partial charge in [-0.1, -0.05) is 18.2 Å². The van der Waals surface area contributed by atoms with E-state index in [9.17, 15) is 4.79 Å². The van der Waals surface area contributed by atoms with Crippen molar-refractivity contribution in [3.05, 3.63) is 60.7 Å². The third-order valence-corrected chi connectivity index (χ3v) is 4.96. The van der Waals surface area contributed by atoms with Crippen LogP contribution in [0.5, 0.6) is 11.5 Å². The van der Waals surface area contributed by atoms with Gasteiger partial charge < -0.3 is 24.5 Å². The monoisotopic (exact) mass is 388 g/mol. The van der Waals surface area contributed by atoms with Gasteiger partial charge in [0.2, 0.25) is 5.91 Å². The lowest BCUT2D eigenvalue weighted by Gasteiger charge is -2.20. The lowest BCUT2D eigenvalue weighted by atomic mass is 10.1. The molecule has 0 saturated carbocycles. The maximum absolute atomic E-state index is 12.6. The molecule has 2 heterocycles. The van der Waals surface area contributed by atoms with Crippen molar-refractivity contribution in [1.82, 2.24) is 0 Å². The van der Waals surface area contributed by atoms with Gasteiger partial charge in [-0.25, -0.2) is 0 Å². The molecule has 0 saturated heterocycles. The Hall–Kier alpha value is -3.67. The predicted octanol–water partition coefficient (Wildman–Crippen LogP) is 4.80. The minimum atomic E-state index is -0.432. The molecule has 2 N–H and O–H groups in total. The van der Waals surface area contributed by atoms with Gasteiger partial charge in [-0.3, -0.25) is 4.79 Å². The van der Waals surface area contributed by atoms with E-state index in [0.717, 1.165) is 27.6 Å². The molecule has 1 aliphatic heterocycles. The lowest BCUT2D eigenvalue weighted by molar-refractivity contribution is -0.116. The van der Waals surface area contributed by atoms with Gasteiger partial charge in [0.1, 0.15) is 30.4 Å². The average molecular weight is 388 g/mol. The van der Waals surface area contributed by atoms with Crippen LogP contribution in [0.15, 0.2) is 65.1 Å². The lowest BCUT2D eigenvalue weighted by Crippen LogP contribution is -2.31. The van der Waals surface area contributed by atoms with E-state index in [1.165, 1.54) is 0 Å². The number of hydrogen-bond acceptors (Lipinski definition) is 5. The molecule has 1 aliphatic rings. The van der Waals surface area contributed by atoms with Crippen LogP contribution in [0.4, 0.5) is 11.4 Å². The van der Waals surface area contributed by atoms with E-state index in [0.29, 0.717) is 30.4 Å². The highest BCUT2D eigenvalue weighted by molar-refractivity contribution is 6.06. The van der Waals surface area contributed by atoms with Crippen molar-refractivity contribution in [3.8, 4) is 11.5 Å². The van der Waals surface area contributed by atoms with Gasteiger partial charge in [-0.2, -0.15) is 0 Å². The number of rotatable bonds is 4. The first-order chi connectivity index (χ1) is 14.2. The summed E-state index contributed by atoms with van der Waals surface area (Å²) in [6.45, 7) is 2.87. The Morgan fingerprint density at radius 2 is 1.62 bits per heavy atom. The van der Waals surface area contributed by atoms with Crippen LogP contribution < -0.4 is 20.1 Å². The minimum Gasteiger partial charge on any atom is -0.486 e. The van der Waals surface area contributed by atoms with Crippen LogP contribution in [0.1, 0.15) is 6.92 Å². The highest BCUT2D eigenvalue weighted by Gasteiger charge is 2.17. The van der Waals surface area contributed by atoms with Crippen LogP contribution in [-0.2, 0) is 4.79 Å². The Morgan fingerprint density at radius 1 is 0.862 bits per heavy atom. The number of para-hydroxylation sites is 1. The van der Waals surface area contributed by atoms with E-state index >= 15 is 0 Å². The summed E-state index contributed by atoms with van der Waals surface area (Å²) in [5.41, 5.74) is 3.20. The Morgan fingerprint density at radius 3 is 2.52 bits per heavy atom. The fourth-order valence-electron chi connectivity index (χ4n) is 3.50. The average Bonchev–Trinajstić information content (AvgIpc) is 3.11. The van der Waals surface area contributed by atoms with Crippen LogP contribution in [-0.4, -0.2) is 25.2 Å². The topological polar surface area (TPSA) is 72.7 Å². The van der Waals surface area contributed by atoms with E-state index in [1.54, 1.807) is 12.1 Å². The maximum Gasteiger partial charge on any atom is 0.246 e. The number of hydrogen-bond donors (Lipinski definition) is 2. The quantitative estimate of drug-likeness (QED) is 0.526. The number of furan rings is 1. The first-order valence-electron chi connectivity index (χ1n) is 9.56. The van der Waals surface area contributed by atoms with Crippen molar-refractivity contribution < 1.29 is 18.7 Å². The molecule has 5 rings (SSSR count). The molecule has 1 amide bonds. The molecule has 0 aliphatic carbocycles. The van der Waals surface area contributed by atoms with Crippen molar-refractivity contribution in [2.75, 3.05) is 23.8 Å². The van der Waals surface area contributed by atoms with Crippen molar-refractivity contribution in [1.29, 1.82) is 0 Å². The first-order valence-corrected chi connectivity index (χ1v) is 9.56. The Balaban J connectivity index is 1.32. The molecule has 4 aromatic rings. The summed E-state index contributed by atoms with van der Waals surface area (Å²) in [6.07, 6.45) is 0. The number of carbonyl (C=O) groups excluding carboxylic acids is 1. The molecule has 0 unspecified atom stereocenters. The molecule has 1 aromatic heterocycles. The highest BCUT2D eigenvalue weighted by atomic mass is 16.6. The van der Waals surface area contributed by atoms with Crippen molar-refractivity contribution in [2.45, 2.75) is 13.0 Å². The second-order valence-corrected chi connectivity index (χ2v) is 7.02. The van der Waals surface area contributed by atoms with Gasteiger partial charge in [0.15, 0.2) is 11.5 Å². The second-order valence-electron chi connectivity index (χ2n) is 7.02. The zero-order chi connectivity index (χ0) is 19.8. The first kappa shape index (κ1) is 17.4. The molecular weight excluding hydrogens is 368 g/mol. The Bertz CT molecular complexity index is 1210. The SMILES string of the molecule is C[C@H](Nc1ccc2oc3ccccc3c2c1)C(=O)Nc1ccc2c(c1)OCCO2. The summed E-state index contributed by atoms with van der Waals surface area (Å²) >= 11 is 0. The van der Waals surface area contributed by atoms with Crippen molar-refractivity contribution in [2.24, 2.45) is 0 Å². The number of fused-ring (bicyclic) bond motifs is 4.